The second-order valence-electron chi connectivity index (χ2n) is 5.79. The molecule has 0 saturated heterocycles. The van der Waals surface area contributed by atoms with Crippen molar-refractivity contribution < 1.29 is 17.6 Å². The van der Waals surface area contributed by atoms with Crippen LogP contribution in [0.25, 0.3) is 0 Å². The molecule has 0 fully saturated rings. The Labute approximate surface area is 161 Å². The lowest BCUT2D eigenvalue weighted by molar-refractivity contribution is -0.120. The van der Waals surface area contributed by atoms with Gasteiger partial charge in [0.25, 0.3) is 0 Å². The number of sulfone groups is 1. The molecule has 9 heteroatoms. The third-order valence-electron chi connectivity index (χ3n) is 3.60. The Morgan fingerprint density at radius 3 is 2.52 bits per heavy atom. The van der Waals surface area contributed by atoms with Crippen molar-refractivity contribution in [2.24, 2.45) is 0 Å². The van der Waals surface area contributed by atoms with Crippen LogP contribution in [0, 0.1) is 0 Å². The minimum absolute atomic E-state index is 0.0149. The molecular weight excluding hydrogens is 390 g/mol. The van der Waals surface area contributed by atoms with Crippen molar-refractivity contribution in [2.45, 2.75) is 23.9 Å². The zero-order valence-corrected chi connectivity index (χ0v) is 15.7. The van der Waals surface area contributed by atoms with E-state index >= 15 is 0 Å². The van der Waals surface area contributed by atoms with E-state index < -0.39 is 15.1 Å². The lowest BCUT2D eigenvalue weighted by Crippen LogP contribution is -2.24. The van der Waals surface area contributed by atoms with Gasteiger partial charge in [0.05, 0.1) is 18.7 Å². The number of benzene rings is 2. The minimum Gasteiger partial charge on any atom is -0.411 e. The topological polar surface area (TPSA) is 102 Å². The SMILES string of the molecule is O=C(Cc1ccccc1)NCc1nnc(S(=O)(=O)Cc2cccc(Cl)c2)o1. The van der Waals surface area contributed by atoms with Gasteiger partial charge in [0, 0.05) is 5.02 Å². The molecule has 1 amide bonds. The molecule has 0 aliphatic heterocycles. The van der Waals surface area contributed by atoms with E-state index in [1.165, 1.54) is 0 Å². The first kappa shape index (κ1) is 19.1. The summed E-state index contributed by atoms with van der Waals surface area (Å²) >= 11 is 5.87. The quantitative estimate of drug-likeness (QED) is 0.648. The zero-order chi connectivity index (χ0) is 19.3. The monoisotopic (exact) mass is 405 g/mol. The van der Waals surface area contributed by atoms with Crippen molar-refractivity contribution in [1.29, 1.82) is 0 Å². The second kappa shape index (κ2) is 8.32. The Morgan fingerprint density at radius 2 is 1.78 bits per heavy atom. The van der Waals surface area contributed by atoms with E-state index in [2.05, 4.69) is 15.5 Å². The van der Waals surface area contributed by atoms with Gasteiger partial charge in [-0.15, -0.1) is 5.10 Å². The second-order valence-corrected chi connectivity index (χ2v) is 8.09. The van der Waals surface area contributed by atoms with Crippen molar-refractivity contribution in [3.05, 3.63) is 76.6 Å². The molecule has 0 bridgehead atoms. The molecule has 1 aromatic heterocycles. The maximum Gasteiger partial charge on any atom is 0.335 e. The van der Waals surface area contributed by atoms with Gasteiger partial charge in [-0.3, -0.25) is 4.79 Å². The van der Waals surface area contributed by atoms with Crippen LogP contribution in [0.15, 0.2) is 64.2 Å². The summed E-state index contributed by atoms with van der Waals surface area (Å²) in [7, 11) is -3.81. The largest absolute Gasteiger partial charge is 0.411 e. The number of rotatable bonds is 7. The fourth-order valence-corrected chi connectivity index (χ4v) is 3.70. The standard InChI is InChI=1S/C18H16ClN3O4S/c19-15-8-4-7-14(9-15)12-27(24,25)18-22-21-17(26-18)11-20-16(23)10-13-5-2-1-3-6-13/h1-9H,10-12H2,(H,20,23). The maximum absolute atomic E-state index is 12.4. The van der Waals surface area contributed by atoms with Crippen LogP contribution >= 0.6 is 11.6 Å². The van der Waals surface area contributed by atoms with Crippen molar-refractivity contribution >= 4 is 27.3 Å². The van der Waals surface area contributed by atoms with E-state index in [1.807, 2.05) is 30.3 Å². The number of carbonyl (C=O) groups excluding carboxylic acids is 1. The molecule has 0 unspecified atom stereocenters. The van der Waals surface area contributed by atoms with E-state index in [1.54, 1.807) is 24.3 Å². The van der Waals surface area contributed by atoms with Crippen LogP contribution in [-0.4, -0.2) is 24.5 Å². The van der Waals surface area contributed by atoms with Gasteiger partial charge in [0.2, 0.25) is 21.6 Å². The molecule has 27 heavy (non-hydrogen) atoms. The number of hydrogen-bond donors (Lipinski definition) is 1. The number of aromatic nitrogens is 2. The first-order valence-electron chi connectivity index (χ1n) is 8.02. The Balaban J connectivity index is 1.59. The van der Waals surface area contributed by atoms with Crippen LogP contribution in [0.2, 0.25) is 5.02 Å². The Morgan fingerprint density at radius 1 is 1.04 bits per heavy atom. The molecule has 0 atom stereocenters. The molecule has 1 heterocycles. The summed E-state index contributed by atoms with van der Waals surface area (Å²) in [6, 6.07) is 15.8. The van der Waals surface area contributed by atoms with Crippen LogP contribution in [0.5, 0.6) is 0 Å². The lowest BCUT2D eigenvalue weighted by atomic mass is 10.1. The van der Waals surface area contributed by atoms with Crippen LogP contribution in [0.4, 0.5) is 0 Å². The molecule has 3 rings (SSSR count). The van der Waals surface area contributed by atoms with Crippen molar-refractivity contribution in [2.75, 3.05) is 0 Å². The summed E-state index contributed by atoms with van der Waals surface area (Å²) in [5.74, 6) is -0.529. The third-order valence-corrected chi connectivity index (χ3v) is 5.25. The van der Waals surface area contributed by atoms with E-state index in [0.717, 1.165) is 5.56 Å². The van der Waals surface area contributed by atoms with E-state index in [9.17, 15) is 13.2 Å². The fraction of sp³-hybridized carbons (Fsp3) is 0.167. The fourth-order valence-electron chi connectivity index (χ4n) is 2.36. The van der Waals surface area contributed by atoms with Gasteiger partial charge in [-0.2, -0.15) is 0 Å². The number of nitrogens with zero attached hydrogens (tertiary/aromatic N) is 2. The molecule has 2 aromatic carbocycles. The molecule has 3 aromatic rings. The zero-order valence-electron chi connectivity index (χ0n) is 14.1. The van der Waals surface area contributed by atoms with E-state index in [4.69, 9.17) is 16.0 Å². The average Bonchev–Trinajstić information content (AvgIpc) is 3.11. The Kier molecular flexibility index (Phi) is 5.88. The molecule has 0 saturated carbocycles. The molecule has 140 valence electrons. The van der Waals surface area contributed by atoms with Gasteiger partial charge >= 0.3 is 5.22 Å². The van der Waals surface area contributed by atoms with E-state index in [0.29, 0.717) is 10.6 Å². The Bertz CT molecular complexity index is 1040. The summed E-state index contributed by atoms with van der Waals surface area (Å²) in [5.41, 5.74) is 1.38. The molecular formula is C18H16ClN3O4S. The summed E-state index contributed by atoms with van der Waals surface area (Å²) in [6.07, 6.45) is 0.203. The number of hydrogen-bond acceptors (Lipinski definition) is 6. The average molecular weight is 406 g/mol. The highest BCUT2D eigenvalue weighted by molar-refractivity contribution is 7.90. The number of nitrogens with one attached hydrogen (secondary N) is 1. The summed E-state index contributed by atoms with van der Waals surface area (Å²) in [5, 5.41) is 9.83. The number of amides is 1. The minimum atomic E-state index is -3.81. The highest BCUT2D eigenvalue weighted by Gasteiger charge is 2.23. The van der Waals surface area contributed by atoms with Crippen LogP contribution in [0.3, 0.4) is 0 Å². The summed E-state index contributed by atoms with van der Waals surface area (Å²) in [6.45, 7) is -0.0502. The number of halogens is 1. The predicted octanol–water partition coefficient (Wildman–Crippen LogP) is 2.56. The van der Waals surface area contributed by atoms with Crippen molar-refractivity contribution in [3.63, 3.8) is 0 Å². The van der Waals surface area contributed by atoms with Crippen molar-refractivity contribution in [3.8, 4) is 0 Å². The van der Waals surface area contributed by atoms with Gasteiger partial charge < -0.3 is 9.73 Å². The Hall–Kier alpha value is -2.71. The molecule has 0 spiro atoms. The van der Waals surface area contributed by atoms with Gasteiger partial charge in [0.1, 0.15) is 0 Å². The molecule has 7 nitrogen and oxygen atoms in total. The molecule has 0 aliphatic rings. The summed E-state index contributed by atoms with van der Waals surface area (Å²) in [4.78, 5) is 11.9. The highest BCUT2D eigenvalue weighted by Crippen LogP contribution is 2.18. The molecule has 1 N–H and O–H groups in total. The van der Waals surface area contributed by atoms with Crippen LogP contribution in [-0.2, 0) is 33.4 Å². The van der Waals surface area contributed by atoms with Crippen LogP contribution in [0.1, 0.15) is 17.0 Å². The van der Waals surface area contributed by atoms with Gasteiger partial charge in [0.15, 0.2) is 0 Å². The van der Waals surface area contributed by atoms with Gasteiger partial charge in [-0.1, -0.05) is 59.2 Å². The first-order valence-corrected chi connectivity index (χ1v) is 10.1. The van der Waals surface area contributed by atoms with Gasteiger partial charge in [-0.05, 0) is 23.3 Å². The summed E-state index contributed by atoms with van der Waals surface area (Å²) < 4.78 is 30.0. The maximum atomic E-state index is 12.4. The smallest absolute Gasteiger partial charge is 0.335 e. The molecule has 0 radical (unpaired) electrons. The highest BCUT2D eigenvalue weighted by atomic mass is 35.5. The third kappa shape index (κ3) is 5.38. The normalized spacial score (nSPS) is 11.3. The lowest BCUT2D eigenvalue weighted by Gasteiger charge is -2.02. The molecule has 0 aliphatic carbocycles. The predicted molar refractivity (Wildman–Crippen MR) is 98.6 cm³/mol. The van der Waals surface area contributed by atoms with Crippen LogP contribution < -0.4 is 5.32 Å². The van der Waals surface area contributed by atoms with Gasteiger partial charge in [-0.25, -0.2) is 8.42 Å². The first-order chi connectivity index (χ1) is 12.9. The number of carbonyl (C=O) groups is 1. The van der Waals surface area contributed by atoms with Crippen molar-refractivity contribution in [1.82, 2.24) is 15.5 Å². The van der Waals surface area contributed by atoms with E-state index in [-0.39, 0.29) is 30.5 Å².